The largest absolute Gasteiger partial charge is 0.460 e. The van der Waals surface area contributed by atoms with Crippen LogP contribution < -0.4 is 10.8 Å². The van der Waals surface area contributed by atoms with Crippen LogP contribution in [0.3, 0.4) is 0 Å². The second kappa shape index (κ2) is 7.85. The zero-order valence-corrected chi connectivity index (χ0v) is 16.6. The van der Waals surface area contributed by atoms with Crippen molar-refractivity contribution in [2.45, 2.75) is 25.2 Å². The molecule has 0 saturated carbocycles. The van der Waals surface area contributed by atoms with E-state index in [1.54, 1.807) is 7.11 Å². The van der Waals surface area contributed by atoms with Gasteiger partial charge in [0.15, 0.2) is 0 Å². The third kappa shape index (κ3) is 3.48. The third-order valence-electron chi connectivity index (χ3n) is 5.88. The monoisotopic (exact) mass is 387 g/mol. The van der Waals surface area contributed by atoms with Gasteiger partial charge in [-0.3, -0.25) is 15.3 Å². The van der Waals surface area contributed by atoms with Crippen LogP contribution in [0.4, 0.5) is 0 Å². The number of rotatable bonds is 5. The first-order valence-electron chi connectivity index (χ1n) is 10.2. The Hall–Kier alpha value is -2.89. The Morgan fingerprint density at radius 1 is 1.03 bits per heavy atom. The van der Waals surface area contributed by atoms with Crippen molar-refractivity contribution in [2.24, 2.45) is 0 Å². The maximum atomic E-state index is 6.47. The lowest BCUT2D eigenvalue weighted by atomic mass is 9.93. The number of nitrogens with zero attached hydrogens (tertiary/aromatic N) is 1. The van der Waals surface area contributed by atoms with E-state index in [4.69, 9.17) is 9.25 Å². The molecule has 0 amide bonds. The molecular weight excluding hydrogens is 362 g/mol. The fourth-order valence-electron chi connectivity index (χ4n) is 4.37. The van der Waals surface area contributed by atoms with Gasteiger partial charge in [0.1, 0.15) is 11.5 Å². The van der Waals surface area contributed by atoms with Crippen molar-refractivity contribution in [2.75, 3.05) is 20.2 Å². The number of pyridine rings is 1. The topological polar surface area (TPSA) is 59.3 Å². The van der Waals surface area contributed by atoms with E-state index in [0.29, 0.717) is 5.92 Å². The van der Waals surface area contributed by atoms with Gasteiger partial charge < -0.3 is 9.73 Å². The molecule has 29 heavy (non-hydrogen) atoms. The summed E-state index contributed by atoms with van der Waals surface area (Å²) in [5.41, 5.74) is 9.91. The van der Waals surface area contributed by atoms with Gasteiger partial charge in [-0.15, -0.1) is 0 Å². The van der Waals surface area contributed by atoms with Gasteiger partial charge in [0, 0.05) is 35.0 Å². The third-order valence-corrected chi connectivity index (χ3v) is 5.88. The summed E-state index contributed by atoms with van der Waals surface area (Å²) in [6.07, 6.45) is 8.93. The summed E-state index contributed by atoms with van der Waals surface area (Å²) >= 11 is 0. The molecule has 0 atom stereocenters. The standard InChI is InChI=1S/C24H25N3O2/c1-28-27-22-5-3-18-14-19(2-4-20(18)22)21-15-23(16-6-10-25-11-7-16)29-24(21)17-8-12-26-13-9-17/h2,4-5,8-9,12-16,25,27H,3,6-7,10-11H2,1H3. The minimum Gasteiger partial charge on any atom is -0.460 e. The molecule has 0 radical (unpaired) electrons. The number of hydrogen-bond acceptors (Lipinski definition) is 5. The number of hydroxylamine groups is 1. The van der Waals surface area contributed by atoms with Gasteiger partial charge in [0.05, 0.1) is 12.8 Å². The fourth-order valence-corrected chi connectivity index (χ4v) is 4.37. The van der Waals surface area contributed by atoms with Crippen LogP contribution >= 0.6 is 0 Å². The molecule has 0 bridgehead atoms. The predicted molar refractivity (Wildman–Crippen MR) is 114 cm³/mol. The fraction of sp³-hybridized carbons (Fsp3) is 0.292. The minimum atomic E-state index is 0.471. The highest BCUT2D eigenvalue weighted by Gasteiger charge is 2.24. The quantitative estimate of drug-likeness (QED) is 0.630. The molecule has 148 valence electrons. The van der Waals surface area contributed by atoms with Crippen LogP contribution in [0.25, 0.3) is 28.1 Å². The highest BCUT2D eigenvalue weighted by molar-refractivity contribution is 5.83. The average Bonchev–Trinajstić information content (AvgIpc) is 3.40. The number of allylic oxidation sites excluding steroid dienone is 1. The van der Waals surface area contributed by atoms with Gasteiger partial charge >= 0.3 is 0 Å². The highest BCUT2D eigenvalue weighted by atomic mass is 16.6. The summed E-state index contributed by atoms with van der Waals surface area (Å²) in [5, 5.41) is 3.44. The molecule has 5 heteroatoms. The van der Waals surface area contributed by atoms with E-state index >= 15 is 0 Å². The maximum absolute atomic E-state index is 6.47. The molecule has 5 nitrogen and oxygen atoms in total. The van der Waals surface area contributed by atoms with Crippen LogP contribution in [0.5, 0.6) is 0 Å². The summed E-state index contributed by atoms with van der Waals surface area (Å²) in [5.74, 6) is 2.50. The Morgan fingerprint density at radius 3 is 2.66 bits per heavy atom. The number of aromatic nitrogens is 1. The van der Waals surface area contributed by atoms with Crippen molar-refractivity contribution in [3.63, 3.8) is 0 Å². The van der Waals surface area contributed by atoms with Gasteiger partial charge in [-0.2, -0.15) is 0 Å². The smallest absolute Gasteiger partial charge is 0.142 e. The van der Waals surface area contributed by atoms with E-state index in [9.17, 15) is 0 Å². The second-order valence-corrected chi connectivity index (χ2v) is 7.65. The molecule has 3 aromatic rings. The molecule has 1 aliphatic heterocycles. The zero-order chi connectivity index (χ0) is 19.6. The summed E-state index contributed by atoms with van der Waals surface area (Å²) in [6, 6.07) is 12.9. The first kappa shape index (κ1) is 18.2. The molecule has 2 aliphatic rings. The van der Waals surface area contributed by atoms with Crippen LogP contribution in [-0.4, -0.2) is 25.2 Å². The van der Waals surface area contributed by atoms with Crippen molar-refractivity contribution >= 4 is 5.70 Å². The van der Waals surface area contributed by atoms with Crippen molar-refractivity contribution in [1.29, 1.82) is 0 Å². The molecule has 1 aromatic carbocycles. The summed E-state index contributed by atoms with van der Waals surface area (Å²) in [7, 11) is 1.64. The number of hydrogen-bond donors (Lipinski definition) is 2. The van der Waals surface area contributed by atoms with Gasteiger partial charge in [-0.1, -0.05) is 24.3 Å². The number of benzene rings is 1. The maximum Gasteiger partial charge on any atom is 0.142 e. The van der Waals surface area contributed by atoms with Gasteiger partial charge in [-0.05, 0) is 61.7 Å². The van der Waals surface area contributed by atoms with Crippen LogP contribution in [0.2, 0.25) is 0 Å². The van der Waals surface area contributed by atoms with Crippen molar-refractivity contribution < 1.29 is 9.25 Å². The Balaban J connectivity index is 1.56. The van der Waals surface area contributed by atoms with Gasteiger partial charge in [0.2, 0.25) is 0 Å². The Morgan fingerprint density at radius 2 is 1.86 bits per heavy atom. The number of piperidine rings is 1. The lowest BCUT2D eigenvalue weighted by Gasteiger charge is -2.20. The molecule has 1 saturated heterocycles. The van der Waals surface area contributed by atoms with Crippen LogP contribution in [0, 0.1) is 0 Å². The summed E-state index contributed by atoms with van der Waals surface area (Å²) in [6.45, 7) is 2.09. The van der Waals surface area contributed by atoms with Crippen molar-refractivity contribution in [3.05, 3.63) is 71.8 Å². The molecule has 0 unspecified atom stereocenters. The van der Waals surface area contributed by atoms with E-state index in [1.807, 2.05) is 24.5 Å². The molecule has 1 aliphatic carbocycles. The lowest BCUT2D eigenvalue weighted by molar-refractivity contribution is 0.137. The molecule has 3 heterocycles. The zero-order valence-electron chi connectivity index (χ0n) is 16.6. The number of furan rings is 1. The Kier molecular flexibility index (Phi) is 4.92. The first-order valence-corrected chi connectivity index (χ1v) is 10.2. The number of nitrogens with one attached hydrogen (secondary N) is 2. The van der Waals surface area contributed by atoms with Crippen molar-refractivity contribution in [3.8, 4) is 22.5 Å². The molecule has 5 rings (SSSR count). The lowest BCUT2D eigenvalue weighted by Crippen LogP contribution is -2.26. The molecule has 2 N–H and O–H groups in total. The summed E-state index contributed by atoms with van der Waals surface area (Å²) < 4.78 is 6.47. The molecule has 1 fully saturated rings. The minimum absolute atomic E-state index is 0.471. The van der Waals surface area contributed by atoms with E-state index in [-0.39, 0.29) is 0 Å². The van der Waals surface area contributed by atoms with Crippen LogP contribution in [0.1, 0.15) is 35.6 Å². The van der Waals surface area contributed by atoms with E-state index in [0.717, 1.165) is 60.7 Å². The molecule has 0 spiro atoms. The number of fused-ring (bicyclic) bond motifs is 1. The molecular formula is C24H25N3O2. The van der Waals surface area contributed by atoms with Gasteiger partial charge in [-0.25, -0.2) is 0 Å². The summed E-state index contributed by atoms with van der Waals surface area (Å²) in [4.78, 5) is 9.27. The Bertz CT molecular complexity index is 1030. The highest BCUT2D eigenvalue weighted by Crippen LogP contribution is 2.40. The van der Waals surface area contributed by atoms with E-state index < -0.39 is 0 Å². The SMILES string of the molecule is CONC1=CCc2cc(-c3cc(C4CCNCC4)oc3-c3ccncc3)ccc21. The molecule has 2 aromatic heterocycles. The predicted octanol–water partition coefficient (Wildman–Crippen LogP) is 4.52. The first-order chi connectivity index (χ1) is 14.3. The van der Waals surface area contributed by atoms with E-state index in [1.165, 1.54) is 16.7 Å². The van der Waals surface area contributed by atoms with Crippen LogP contribution in [-0.2, 0) is 11.3 Å². The van der Waals surface area contributed by atoms with E-state index in [2.05, 4.69) is 46.1 Å². The average molecular weight is 387 g/mol. The second-order valence-electron chi connectivity index (χ2n) is 7.65. The van der Waals surface area contributed by atoms with Crippen LogP contribution in [0.15, 0.2) is 59.3 Å². The van der Waals surface area contributed by atoms with Gasteiger partial charge in [0.25, 0.3) is 0 Å². The van der Waals surface area contributed by atoms with Crippen molar-refractivity contribution in [1.82, 2.24) is 15.8 Å². The Labute approximate surface area is 170 Å². The normalized spacial score (nSPS) is 16.5.